The number of anilines is 1. The molecule has 0 unspecified atom stereocenters. The van der Waals surface area contributed by atoms with Crippen LogP contribution in [0.25, 0.3) is 20.8 Å². The van der Waals surface area contributed by atoms with Crippen LogP contribution in [0.5, 0.6) is 5.75 Å². The number of phenols is 1. The van der Waals surface area contributed by atoms with Gasteiger partial charge in [0.15, 0.2) is 5.11 Å². The highest BCUT2D eigenvalue weighted by Gasteiger charge is 2.26. The molecule has 1 saturated heterocycles. The number of benzene rings is 3. The summed E-state index contributed by atoms with van der Waals surface area (Å²) in [5, 5.41) is 16.6. The average molecular weight is 555 g/mol. The molecule has 37 heavy (non-hydrogen) atoms. The van der Waals surface area contributed by atoms with Crippen molar-refractivity contribution >= 4 is 60.5 Å². The van der Waals surface area contributed by atoms with Gasteiger partial charge in [0, 0.05) is 24.3 Å². The van der Waals surface area contributed by atoms with Crippen molar-refractivity contribution in [3.8, 4) is 16.3 Å². The molecule has 1 aliphatic rings. The quantitative estimate of drug-likeness (QED) is 0.252. The van der Waals surface area contributed by atoms with E-state index in [1.807, 2.05) is 24.3 Å². The SMILES string of the molecule is O=C(NC(=S)Nc1ccc(O)c(-c2nc3ccccc3s2)c1)c1ccc(S(=O)(=O)N2CCOCC2)cc1. The number of para-hydroxylation sites is 1. The number of rotatable bonds is 5. The molecule has 3 aromatic carbocycles. The maximum atomic E-state index is 12.8. The summed E-state index contributed by atoms with van der Waals surface area (Å²) in [6, 6.07) is 18.3. The van der Waals surface area contributed by atoms with Gasteiger partial charge in [0.2, 0.25) is 10.0 Å². The molecule has 0 aliphatic carbocycles. The summed E-state index contributed by atoms with van der Waals surface area (Å²) in [6.07, 6.45) is 0. The van der Waals surface area contributed by atoms with Crippen molar-refractivity contribution < 1.29 is 23.1 Å². The maximum absolute atomic E-state index is 12.8. The number of carbonyl (C=O) groups excluding carboxylic acids is 1. The largest absolute Gasteiger partial charge is 0.507 e. The Bertz CT molecular complexity index is 1550. The number of sulfonamides is 1. The van der Waals surface area contributed by atoms with Crippen molar-refractivity contribution in [3.63, 3.8) is 0 Å². The van der Waals surface area contributed by atoms with Gasteiger partial charge in [-0.25, -0.2) is 13.4 Å². The Morgan fingerprint density at radius 1 is 1.05 bits per heavy atom. The van der Waals surface area contributed by atoms with Crippen molar-refractivity contribution in [1.82, 2.24) is 14.6 Å². The monoisotopic (exact) mass is 554 g/mol. The first-order valence-corrected chi connectivity index (χ1v) is 14.0. The fraction of sp³-hybridized carbons (Fsp3) is 0.160. The fourth-order valence-electron chi connectivity index (χ4n) is 3.82. The minimum atomic E-state index is -3.65. The van der Waals surface area contributed by atoms with Crippen LogP contribution >= 0.6 is 23.6 Å². The molecule has 9 nitrogen and oxygen atoms in total. The number of hydrogen-bond donors (Lipinski definition) is 3. The second-order valence-electron chi connectivity index (χ2n) is 8.17. The van der Waals surface area contributed by atoms with Gasteiger partial charge in [0.25, 0.3) is 5.91 Å². The van der Waals surface area contributed by atoms with Crippen LogP contribution in [-0.4, -0.2) is 60.1 Å². The van der Waals surface area contributed by atoms with Crippen LogP contribution in [0.1, 0.15) is 10.4 Å². The smallest absolute Gasteiger partial charge is 0.257 e. The van der Waals surface area contributed by atoms with E-state index < -0.39 is 15.9 Å². The number of nitrogens with one attached hydrogen (secondary N) is 2. The lowest BCUT2D eigenvalue weighted by Gasteiger charge is -2.26. The fourth-order valence-corrected chi connectivity index (χ4v) is 6.43. The Labute approximate surface area is 222 Å². The second kappa shape index (κ2) is 10.5. The van der Waals surface area contributed by atoms with Crippen LogP contribution in [0.3, 0.4) is 0 Å². The van der Waals surface area contributed by atoms with Crippen molar-refractivity contribution in [2.45, 2.75) is 4.90 Å². The molecule has 1 aliphatic heterocycles. The molecule has 0 saturated carbocycles. The lowest BCUT2D eigenvalue weighted by atomic mass is 10.2. The Balaban J connectivity index is 1.25. The number of aromatic hydroxyl groups is 1. The summed E-state index contributed by atoms with van der Waals surface area (Å²) >= 11 is 6.75. The number of ether oxygens (including phenoxy) is 1. The molecule has 0 spiro atoms. The Morgan fingerprint density at radius 2 is 1.78 bits per heavy atom. The van der Waals surface area contributed by atoms with E-state index in [0.29, 0.717) is 42.6 Å². The highest BCUT2D eigenvalue weighted by Crippen LogP contribution is 2.36. The summed E-state index contributed by atoms with van der Waals surface area (Å²) in [6.45, 7) is 1.30. The predicted molar refractivity (Wildman–Crippen MR) is 146 cm³/mol. The summed E-state index contributed by atoms with van der Waals surface area (Å²) in [7, 11) is -3.65. The number of thiazole rings is 1. The van der Waals surface area contributed by atoms with Gasteiger partial charge in [-0.3, -0.25) is 10.1 Å². The van der Waals surface area contributed by atoms with E-state index >= 15 is 0 Å². The molecule has 0 bridgehead atoms. The molecule has 5 rings (SSSR count). The van der Waals surface area contributed by atoms with E-state index in [9.17, 15) is 18.3 Å². The molecule has 1 amide bonds. The van der Waals surface area contributed by atoms with E-state index in [1.165, 1.54) is 46.0 Å². The number of fused-ring (bicyclic) bond motifs is 1. The Kier molecular flexibility index (Phi) is 7.17. The summed E-state index contributed by atoms with van der Waals surface area (Å²) in [5.74, 6) is -0.412. The predicted octanol–water partition coefficient (Wildman–Crippen LogP) is 3.82. The van der Waals surface area contributed by atoms with E-state index in [2.05, 4.69) is 15.6 Å². The first-order chi connectivity index (χ1) is 17.8. The van der Waals surface area contributed by atoms with E-state index in [0.717, 1.165) is 10.2 Å². The van der Waals surface area contributed by atoms with Gasteiger partial charge in [-0.05, 0) is 66.8 Å². The van der Waals surface area contributed by atoms with Crippen molar-refractivity contribution in [2.24, 2.45) is 0 Å². The molecular weight excluding hydrogens is 532 g/mol. The lowest BCUT2D eigenvalue weighted by molar-refractivity contribution is 0.0730. The van der Waals surface area contributed by atoms with Crippen LogP contribution in [0.15, 0.2) is 71.6 Å². The topological polar surface area (TPSA) is 121 Å². The third-order valence-corrected chi connectivity index (χ3v) is 8.92. The zero-order chi connectivity index (χ0) is 26.0. The Morgan fingerprint density at radius 3 is 2.51 bits per heavy atom. The van der Waals surface area contributed by atoms with Crippen molar-refractivity contribution in [3.05, 3.63) is 72.3 Å². The van der Waals surface area contributed by atoms with Gasteiger partial charge in [0.05, 0.1) is 33.9 Å². The highest BCUT2D eigenvalue weighted by molar-refractivity contribution is 7.89. The van der Waals surface area contributed by atoms with Gasteiger partial charge >= 0.3 is 0 Å². The van der Waals surface area contributed by atoms with Gasteiger partial charge in [-0.1, -0.05) is 12.1 Å². The molecule has 2 heterocycles. The number of carbonyl (C=O) groups is 1. The third-order valence-electron chi connectivity index (χ3n) is 5.73. The van der Waals surface area contributed by atoms with Crippen LogP contribution in [0.2, 0.25) is 0 Å². The third kappa shape index (κ3) is 5.48. The van der Waals surface area contributed by atoms with Gasteiger partial charge < -0.3 is 15.2 Å². The lowest BCUT2D eigenvalue weighted by Crippen LogP contribution is -2.40. The van der Waals surface area contributed by atoms with E-state index in [-0.39, 0.29) is 21.3 Å². The molecular formula is C25H22N4O5S3. The number of nitrogens with zero attached hydrogens (tertiary/aromatic N) is 2. The van der Waals surface area contributed by atoms with Crippen molar-refractivity contribution in [2.75, 3.05) is 31.6 Å². The van der Waals surface area contributed by atoms with E-state index in [1.54, 1.807) is 12.1 Å². The van der Waals surface area contributed by atoms with Crippen LogP contribution in [0, 0.1) is 0 Å². The molecule has 1 fully saturated rings. The Hall–Kier alpha value is -3.42. The molecule has 0 radical (unpaired) electrons. The minimum absolute atomic E-state index is 0.0518. The zero-order valence-corrected chi connectivity index (χ0v) is 21.8. The average Bonchev–Trinajstić information content (AvgIpc) is 3.34. The van der Waals surface area contributed by atoms with Crippen molar-refractivity contribution in [1.29, 1.82) is 0 Å². The van der Waals surface area contributed by atoms with Gasteiger partial charge in [-0.15, -0.1) is 11.3 Å². The molecule has 1 aromatic heterocycles. The molecule has 4 aromatic rings. The molecule has 190 valence electrons. The van der Waals surface area contributed by atoms with Crippen LogP contribution in [0.4, 0.5) is 5.69 Å². The second-order valence-corrected chi connectivity index (χ2v) is 11.5. The molecule has 0 atom stereocenters. The summed E-state index contributed by atoms with van der Waals surface area (Å²) in [4.78, 5) is 17.4. The summed E-state index contributed by atoms with van der Waals surface area (Å²) in [5.41, 5.74) is 2.19. The first kappa shape index (κ1) is 25.2. The number of phenolic OH excluding ortho intramolecular Hbond substituents is 1. The summed E-state index contributed by atoms with van der Waals surface area (Å²) < 4.78 is 33.1. The number of aromatic nitrogens is 1. The molecule has 3 N–H and O–H groups in total. The molecule has 12 heteroatoms. The normalized spacial score (nSPS) is 14.4. The number of morpholine rings is 1. The standard InChI is InChI=1S/C25H22N4O5S3/c30-21-10-7-17(15-19(21)24-27-20-3-1-2-4-22(20)36-24)26-25(35)28-23(31)16-5-8-18(9-6-16)37(32,33)29-11-13-34-14-12-29/h1-10,15,30H,11-14H2,(H2,26,28,31,35). The number of amides is 1. The van der Waals surface area contributed by atoms with Crippen LogP contribution in [-0.2, 0) is 14.8 Å². The maximum Gasteiger partial charge on any atom is 0.257 e. The van der Waals surface area contributed by atoms with E-state index in [4.69, 9.17) is 17.0 Å². The zero-order valence-electron chi connectivity index (χ0n) is 19.4. The van der Waals surface area contributed by atoms with Gasteiger partial charge in [-0.2, -0.15) is 4.31 Å². The minimum Gasteiger partial charge on any atom is -0.507 e. The number of hydrogen-bond acceptors (Lipinski definition) is 8. The highest BCUT2D eigenvalue weighted by atomic mass is 32.2. The number of thiocarbonyl (C=S) groups is 1. The van der Waals surface area contributed by atoms with Gasteiger partial charge in [0.1, 0.15) is 10.8 Å². The first-order valence-electron chi connectivity index (χ1n) is 11.3. The van der Waals surface area contributed by atoms with Crippen LogP contribution < -0.4 is 10.6 Å².